The fourth-order valence-electron chi connectivity index (χ4n) is 1.89. The molecule has 3 atom stereocenters. The first-order chi connectivity index (χ1) is 6.91. The molecule has 1 rings (SSSR count). The second-order valence-corrected chi connectivity index (χ2v) is 4.62. The lowest BCUT2D eigenvalue weighted by molar-refractivity contribution is -0.144. The SMILES string of the molecule is CC1C(=O)N([C@@H](CO)C(C)C)C(=O)C1C. The molecule has 1 N–H and O–H groups in total. The first-order valence-electron chi connectivity index (χ1n) is 5.39. The smallest absolute Gasteiger partial charge is 0.233 e. The number of nitrogens with zero attached hydrogens (tertiary/aromatic N) is 1. The van der Waals surface area contributed by atoms with Gasteiger partial charge in [0.15, 0.2) is 0 Å². The highest BCUT2D eigenvalue weighted by Crippen LogP contribution is 2.28. The number of aliphatic hydroxyl groups is 1. The van der Waals surface area contributed by atoms with Gasteiger partial charge in [0.2, 0.25) is 11.8 Å². The molecule has 2 amide bonds. The van der Waals surface area contributed by atoms with E-state index in [2.05, 4.69) is 0 Å². The van der Waals surface area contributed by atoms with E-state index in [4.69, 9.17) is 0 Å². The van der Waals surface area contributed by atoms with Gasteiger partial charge < -0.3 is 5.11 Å². The van der Waals surface area contributed by atoms with Crippen molar-refractivity contribution in [1.82, 2.24) is 4.90 Å². The Balaban J connectivity index is 2.95. The molecular weight excluding hydrogens is 194 g/mol. The highest BCUT2D eigenvalue weighted by molar-refractivity contribution is 6.05. The predicted molar refractivity (Wildman–Crippen MR) is 55.9 cm³/mol. The zero-order chi connectivity index (χ0) is 11.7. The minimum Gasteiger partial charge on any atom is -0.394 e. The fraction of sp³-hybridized carbons (Fsp3) is 0.818. The number of amides is 2. The molecule has 0 bridgehead atoms. The normalized spacial score (nSPS) is 29.1. The van der Waals surface area contributed by atoms with Crippen LogP contribution in [0.15, 0.2) is 0 Å². The van der Waals surface area contributed by atoms with Crippen LogP contribution in [-0.4, -0.2) is 34.5 Å². The molecule has 4 nitrogen and oxygen atoms in total. The average molecular weight is 213 g/mol. The van der Waals surface area contributed by atoms with Crippen LogP contribution in [0.3, 0.4) is 0 Å². The number of carbonyl (C=O) groups is 2. The molecular formula is C11H19NO3. The van der Waals surface area contributed by atoms with Gasteiger partial charge in [-0.3, -0.25) is 14.5 Å². The molecule has 0 spiro atoms. The highest BCUT2D eigenvalue weighted by atomic mass is 16.3. The molecule has 1 heterocycles. The van der Waals surface area contributed by atoms with Crippen LogP contribution in [0.25, 0.3) is 0 Å². The lowest BCUT2D eigenvalue weighted by Gasteiger charge is -2.28. The van der Waals surface area contributed by atoms with Gasteiger partial charge in [-0.05, 0) is 5.92 Å². The number of imide groups is 1. The molecule has 0 aromatic rings. The van der Waals surface area contributed by atoms with Crippen molar-refractivity contribution in [3.05, 3.63) is 0 Å². The summed E-state index contributed by atoms with van der Waals surface area (Å²) in [6.45, 7) is 7.16. The van der Waals surface area contributed by atoms with Crippen LogP contribution < -0.4 is 0 Å². The molecule has 0 aromatic carbocycles. The molecule has 0 aliphatic carbocycles. The summed E-state index contributed by atoms with van der Waals surface area (Å²) in [6, 6.07) is -0.377. The van der Waals surface area contributed by atoms with E-state index >= 15 is 0 Å². The zero-order valence-corrected chi connectivity index (χ0v) is 9.73. The first kappa shape index (κ1) is 12.2. The molecule has 0 radical (unpaired) electrons. The molecule has 86 valence electrons. The fourth-order valence-corrected chi connectivity index (χ4v) is 1.89. The van der Waals surface area contributed by atoms with Crippen molar-refractivity contribution in [1.29, 1.82) is 0 Å². The third-order valence-electron chi connectivity index (χ3n) is 3.29. The van der Waals surface area contributed by atoms with Crippen molar-refractivity contribution < 1.29 is 14.7 Å². The van der Waals surface area contributed by atoms with Gasteiger partial charge >= 0.3 is 0 Å². The van der Waals surface area contributed by atoms with E-state index in [9.17, 15) is 14.7 Å². The Bertz CT molecular complexity index is 255. The molecule has 4 heteroatoms. The number of hydrogen-bond acceptors (Lipinski definition) is 3. The molecule has 0 saturated carbocycles. The van der Waals surface area contributed by atoms with Crippen molar-refractivity contribution in [2.75, 3.05) is 6.61 Å². The van der Waals surface area contributed by atoms with Gasteiger partial charge in [-0.15, -0.1) is 0 Å². The van der Waals surface area contributed by atoms with E-state index in [0.29, 0.717) is 0 Å². The van der Waals surface area contributed by atoms with E-state index in [1.54, 1.807) is 13.8 Å². The lowest BCUT2D eigenvalue weighted by atomic mass is 10.00. The van der Waals surface area contributed by atoms with E-state index in [0.717, 1.165) is 0 Å². The van der Waals surface area contributed by atoms with Crippen LogP contribution >= 0.6 is 0 Å². The number of likely N-dealkylation sites (tertiary alicyclic amines) is 1. The Kier molecular flexibility index (Phi) is 3.50. The van der Waals surface area contributed by atoms with Gasteiger partial charge in [-0.25, -0.2) is 0 Å². The second kappa shape index (κ2) is 4.31. The van der Waals surface area contributed by atoms with Crippen LogP contribution in [0, 0.1) is 17.8 Å². The van der Waals surface area contributed by atoms with Gasteiger partial charge in [-0.1, -0.05) is 27.7 Å². The Morgan fingerprint density at radius 3 is 1.87 bits per heavy atom. The van der Waals surface area contributed by atoms with Crippen LogP contribution in [0.2, 0.25) is 0 Å². The zero-order valence-electron chi connectivity index (χ0n) is 9.73. The molecule has 0 aromatic heterocycles. The van der Waals surface area contributed by atoms with Crippen molar-refractivity contribution >= 4 is 11.8 Å². The number of rotatable bonds is 3. The molecule has 1 aliphatic heterocycles. The summed E-state index contributed by atoms with van der Waals surface area (Å²) in [4.78, 5) is 24.9. The van der Waals surface area contributed by atoms with E-state index in [1.807, 2.05) is 13.8 Å². The Labute approximate surface area is 90.3 Å². The van der Waals surface area contributed by atoms with E-state index < -0.39 is 0 Å². The maximum absolute atomic E-state index is 11.8. The van der Waals surface area contributed by atoms with Crippen molar-refractivity contribution in [3.63, 3.8) is 0 Å². The summed E-state index contributed by atoms with van der Waals surface area (Å²) in [5.74, 6) is -0.739. The third kappa shape index (κ3) is 1.91. The van der Waals surface area contributed by atoms with Gasteiger partial charge in [0.25, 0.3) is 0 Å². The maximum Gasteiger partial charge on any atom is 0.233 e. The van der Waals surface area contributed by atoms with Crippen molar-refractivity contribution in [3.8, 4) is 0 Å². The van der Waals surface area contributed by atoms with Gasteiger partial charge in [0, 0.05) is 11.8 Å². The topological polar surface area (TPSA) is 57.6 Å². The minimum absolute atomic E-state index is 0.0837. The summed E-state index contributed by atoms with van der Waals surface area (Å²) < 4.78 is 0. The van der Waals surface area contributed by atoms with Gasteiger partial charge in [0.1, 0.15) is 0 Å². The quantitative estimate of drug-likeness (QED) is 0.700. The summed E-state index contributed by atoms with van der Waals surface area (Å²) >= 11 is 0. The Morgan fingerprint density at radius 2 is 1.60 bits per heavy atom. The molecule has 1 fully saturated rings. The summed E-state index contributed by atoms with van der Waals surface area (Å²) in [6.07, 6.45) is 0. The molecule has 1 aliphatic rings. The van der Waals surface area contributed by atoms with Crippen LogP contribution in [0.5, 0.6) is 0 Å². The summed E-state index contributed by atoms with van der Waals surface area (Å²) in [7, 11) is 0. The van der Waals surface area contributed by atoms with Gasteiger partial charge in [0.05, 0.1) is 12.6 Å². The highest BCUT2D eigenvalue weighted by Gasteiger charge is 2.45. The Morgan fingerprint density at radius 1 is 1.20 bits per heavy atom. The standard InChI is InChI=1S/C11H19NO3/c1-6(2)9(5-13)12-10(14)7(3)8(4)11(12)15/h6-9,13H,5H2,1-4H3/t7?,8?,9-/m0/s1. The van der Waals surface area contributed by atoms with Crippen LogP contribution in [0.4, 0.5) is 0 Å². The van der Waals surface area contributed by atoms with E-state index in [-0.39, 0.29) is 42.2 Å². The lowest BCUT2D eigenvalue weighted by Crippen LogP contribution is -2.45. The molecule has 2 unspecified atom stereocenters. The van der Waals surface area contributed by atoms with Crippen LogP contribution in [0.1, 0.15) is 27.7 Å². The largest absolute Gasteiger partial charge is 0.394 e. The second-order valence-electron chi connectivity index (χ2n) is 4.62. The van der Waals surface area contributed by atoms with E-state index in [1.165, 1.54) is 4.90 Å². The first-order valence-corrected chi connectivity index (χ1v) is 5.39. The predicted octanol–water partition coefficient (Wildman–Crippen LogP) is 0.644. The monoisotopic (exact) mass is 213 g/mol. The number of aliphatic hydroxyl groups excluding tert-OH is 1. The maximum atomic E-state index is 11.8. The van der Waals surface area contributed by atoms with Crippen molar-refractivity contribution in [2.45, 2.75) is 33.7 Å². The number of carbonyl (C=O) groups excluding carboxylic acids is 2. The minimum atomic E-state index is -0.377. The van der Waals surface area contributed by atoms with Crippen molar-refractivity contribution in [2.24, 2.45) is 17.8 Å². The number of hydrogen-bond donors (Lipinski definition) is 1. The third-order valence-corrected chi connectivity index (χ3v) is 3.29. The summed E-state index contributed by atoms with van der Waals surface area (Å²) in [5.41, 5.74) is 0. The molecule has 15 heavy (non-hydrogen) atoms. The summed E-state index contributed by atoms with van der Waals surface area (Å²) in [5, 5.41) is 9.22. The Hall–Kier alpha value is -0.900. The van der Waals surface area contributed by atoms with Crippen LogP contribution in [-0.2, 0) is 9.59 Å². The molecule has 1 saturated heterocycles. The average Bonchev–Trinajstić information content (AvgIpc) is 2.36. The van der Waals surface area contributed by atoms with Gasteiger partial charge in [-0.2, -0.15) is 0 Å².